The summed E-state index contributed by atoms with van der Waals surface area (Å²) in [5.41, 5.74) is 7.55. The Morgan fingerprint density at radius 2 is 1.78 bits per heavy atom. The van der Waals surface area contributed by atoms with Crippen LogP contribution >= 0.6 is 0 Å². The maximum Gasteiger partial charge on any atom is 0.244 e. The molecular formula is C22H26N4O. The van der Waals surface area contributed by atoms with Crippen molar-refractivity contribution in [2.75, 3.05) is 23.3 Å². The predicted octanol–water partition coefficient (Wildman–Crippen LogP) is 4.20. The molecule has 4 rings (SSSR count). The first-order chi connectivity index (χ1) is 13.0. The van der Waals surface area contributed by atoms with E-state index >= 15 is 0 Å². The molecule has 0 atom stereocenters. The van der Waals surface area contributed by atoms with Gasteiger partial charge in [-0.2, -0.15) is 0 Å². The van der Waals surface area contributed by atoms with Gasteiger partial charge in [0.25, 0.3) is 0 Å². The maximum atomic E-state index is 12.6. The molecule has 3 aromatic rings. The molecule has 1 aliphatic rings. The molecule has 0 unspecified atom stereocenters. The summed E-state index contributed by atoms with van der Waals surface area (Å²) in [6.07, 6.45) is 4.26. The van der Waals surface area contributed by atoms with E-state index in [2.05, 4.69) is 53.3 Å². The number of benzene rings is 2. The van der Waals surface area contributed by atoms with Crippen molar-refractivity contribution in [1.29, 1.82) is 0 Å². The van der Waals surface area contributed by atoms with Gasteiger partial charge < -0.3 is 14.8 Å². The molecule has 1 amide bonds. The summed E-state index contributed by atoms with van der Waals surface area (Å²) in [6.45, 7) is 8.71. The Kier molecular flexibility index (Phi) is 4.60. The fourth-order valence-electron chi connectivity index (χ4n) is 3.74. The van der Waals surface area contributed by atoms with Crippen molar-refractivity contribution in [2.24, 2.45) is 0 Å². The lowest BCUT2D eigenvalue weighted by atomic mass is 10.1. The van der Waals surface area contributed by atoms with Crippen LogP contribution in [0.15, 0.2) is 36.7 Å². The highest BCUT2D eigenvalue weighted by molar-refractivity contribution is 5.92. The number of nitrogens with zero attached hydrogens (tertiary/aromatic N) is 3. The second-order valence-electron chi connectivity index (χ2n) is 7.54. The molecule has 5 heteroatoms. The molecule has 0 radical (unpaired) electrons. The van der Waals surface area contributed by atoms with Gasteiger partial charge in [-0.05, 0) is 80.6 Å². The van der Waals surface area contributed by atoms with E-state index in [0.717, 1.165) is 35.4 Å². The van der Waals surface area contributed by atoms with Gasteiger partial charge >= 0.3 is 0 Å². The summed E-state index contributed by atoms with van der Waals surface area (Å²) in [5, 5.41) is 3.05. The zero-order valence-electron chi connectivity index (χ0n) is 16.2. The van der Waals surface area contributed by atoms with E-state index in [-0.39, 0.29) is 12.5 Å². The Hall–Kier alpha value is -2.82. The summed E-state index contributed by atoms with van der Waals surface area (Å²) in [5.74, 6) is -0.0375. The molecule has 140 valence electrons. The van der Waals surface area contributed by atoms with Gasteiger partial charge in [-0.3, -0.25) is 4.79 Å². The molecule has 1 aromatic heterocycles. The topological polar surface area (TPSA) is 50.2 Å². The molecule has 5 nitrogen and oxygen atoms in total. The minimum absolute atomic E-state index is 0.0375. The number of rotatable bonds is 4. The highest BCUT2D eigenvalue weighted by atomic mass is 16.1. The number of aryl methyl sites for hydroxylation is 3. The quantitative estimate of drug-likeness (QED) is 0.757. The third-order valence-electron chi connectivity index (χ3n) is 5.51. The van der Waals surface area contributed by atoms with E-state index in [0.29, 0.717) is 0 Å². The van der Waals surface area contributed by atoms with E-state index in [1.165, 1.54) is 29.7 Å². The van der Waals surface area contributed by atoms with Gasteiger partial charge in [0.05, 0.1) is 17.4 Å². The number of nitrogens with one attached hydrogen (secondary N) is 1. The van der Waals surface area contributed by atoms with Crippen molar-refractivity contribution in [1.82, 2.24) is 9.55 Å². The molecule has 2 aromatic carbocycles. The molecule has 0 spiro atoms. The van der Waals surface area contributed by atoms with E-state index in [4.69, 9.17) is 0 Å². The van der Waals surface area contributed by atoms with Crippen LogP contribution in [0.5, 0.6) is 0 Å². The van der Waals surface area contributed by atoms with Crippen LogP contribution in [0.25, 0.3) is 11.0 Å². The van der Waals surface area contributed by atoms with E-state index in [9.17, 15) is 4.79 Å². The Morgan fingerprint density at radius 3 is 2.52 bits per heavy atom. The highest BCUT2D eigenvalue weighted by Gasteiger charge is 2.14. The monoisotopic (exact) mass is 362 g/mol. The van der Waals surface area contributed by atoms with Crippen LogP contribution in [0, 0.1) is 20.8 Å². The zero-order chi connectivity index (χ0) is 19.0. The first kappa shape index (κ1) is 17.6. The van der Waals surface area contributed by atoms with Gasteiger partial charge in [-0.25, -0.2) is 4.98 Å². The number of hydrogen-bond donors (Lipinski definition) is 1. The molecule has 1 aliphatic heterocycles. The van der Waals surface area contributed by atoms with Crippen LogP contribution < -0.4 is 10.2 Å². The van der Waals surface area contributed by atoms with Gasteiger partial charge in [0, 0.05) is 24.5 Å². The number of carbonyl (C=O) groups excluding carboxylic acids is 1. The smallest absolute Gasteiger partial charge is 0.244 e. The van der Waals surface area contributed by atoms with Crippen LogP contribution in [-0.2, 0) is 11.3 Å². The normalized spacial score (nSPS) is 14.1. The summed E-state index contributed by atoms with van der Waals surface area (Å²) in [4.78, 5) is 19.4. The third kappa shape index (κ3) is 3.54. The lowest BCUT2D eigenvalue weighted by molar-refractivity contribution is -0.116. The summed E-state index contributed by atoms with van der Waals surface area (Å²) in [7, 11) is 0. The molecular weight excluding hydrogens is 336 g/mol. The van der Waals surface area contributed by atoms with Gasteiger partial charge in [-0.1, -0.05) is 0 Å². The Balaban J connectivity index is 1.49. The number of anilines is 2. The first-order valence-electron chi connectivity index (χ1n) is 9.59. The Labute approximate surface area is 160 Å². The molecule has 1 N–H and O–H groups in total. The van der Waals surface area contributed by atoms with E-state index < -0.39 is 0 Å². The summed E-state index contributed by atoms with van der Waals surface area (Å²) in [6, 6.07) is 10.5. The van der Waals surface area contributed by atoms with Crippen LogP contribution in [0.3, 0.4) is 0 Å². The average molecular weight is 362 g/mol. The summed E-state index contributed by atoms with van der Waals surface area (Å²) >= 11 is 0. The van der Waals surface area contributed by atoms with Crippen LogP contribution in [0.4, 0.5) is 11.4 Å². The van der Waals surface area contributed by atoms with Gasteiger partial charge in [0.1, 0.15) is 6.54 Å². The lowest BCUT2D eigenvalue weighted by Gasteiger charge is -2.19. The second-order valence-corrected chi connectivity index (χ2v) is 7.54. The molecule has 0 bridgehead atoms. The third-order valence-corrected chi connectivity index (χ3v) is 5.51. The number of fused-ring (bicyclic) bond motifs is 1. The predicted molar refractivity (Wildman–Crippen MR) is 110 cm³/mol. The number of carbonyl (C=O) groups is 1. The standard InChI is InChI=1S/C22H26N4O/c1-15-11-20-21(12-16(15)2)26(14-23-20)13-22(27)24-19-7-6-18(10-17(19)3)25-8-4-5-9-25/h6-7,10-12,14H,4-5,8-9,13H2,1-3H3,(H,24,27). The summed E-state index contributed by atoms with van der Waals surface area (Å²) < 4.78 is 1.91. The van der Waals surface area contributed by atoms with Crippen LogP contribution in [0.1, 0.15) is 29.5 Å². The minimum atomic E-state index is -0.0375. The number of aromatic nitrogens is 2. The van der Waals surface area contributed by atoms with Crippen LogP contribution in [-0.4, -0.2) is 28.5 Å². The van der Waals surface area contributed by atoms with Crippen molar-refractivity contribution in [2.45, 2.75) is 40.2 Å². The Bertz CT molecular complexity index is 999. The first-order valence-corrected chi connectivity index (χ1v) is 9.59. The molecule has 0 saturated carbocycles. The van der Waals surface area contributed by atoms with Gasteiger partial charge in [0.15, 0.2) is 0 Å². The van der Waals surface area contributed by atoms with E-state index in [1.807, 2.05) is 17.6 Å². The number of imidazole rings is 1. The molecule has 2 heterocycles. The second kappa shape index (κ2) is 7.06. The number of amides is 1. The number of hydrogen-bond acceptors (Lipinski definition) is 3. The van der Waals surface area contributed by atoms with Gasteiger partial charge in [-0.15, -0.1) is 0 Å². The SMILES string of the molecule is Cc1cc2ncn(CC(=O)Nc3ccc(N4CCCC4)cc3C)c2cc1C. The van der Waals surface area contributed by atoms with Crippen molar-refractivity contribution >= 4 is 28.3 Å². The fraction of sp³-hybridized carbons (Fsp3) is 0.364. The maximum absolute atomic E-state index is 12.6. The Morgan fingerprint density at radius 1 is 1.04 bits per heavy atom. The highest BCUT2D eigenvalue weighted by Crippen LogP contribution is 2.25. The molecule has 0 aliphatic carbocycles. The van der Waals surface area contributed by atoms with Crippen molar-refractivity contribution in [3.8, 4) is 0 Å². The van der Waals surface area contributed by atoms with Crippen LogP contribution in [0.2, 0.25) is 0 Å². The minimum Gasteiger partial charge on any atom is -0.372 e. The lowest BCUT2D eigenvalue weighted by Crippen LogP contribution is -2.20. The van der Waals surface area contributed by atoms with Crippen molar-refractivity contribution in [3.05, 3.63) is 53.3 Å². The zero-order valence-corrected chi connectivity index (χ0v) is 16.2. The van der Waals surface area contributed by atoms with E-state index in [1.54, 1.807) is 6.33 Å². The fourth-order valence-corrected chi connectivity index (χ4v) is 3.74. The molecule has 27 heavy (non-hydrogen) atoms. The molecule has 1 saturated heterocycles. The van der Waals surface area contributed by atoms with Gasteiger partial charge in [0.2, 0.25) is 5.91 Å². The largest absolute Gasteiger partial charge is 0.372 e. The van der Waals surface area contributed by atoms with Crippen molar-refractivity contribution in [3.63, 3.8) is 0 Å². The average Bonchev–Trinajstić information content (AvgIpc) is 3.29. The van der Waals surface area contributed by atoms with Crippen molar-refractivity contribution < 1.29 is 4.79 Å². The molecule has 1 fully saturated rings.